The average Bonchev–Trinajstić information content (AvgIpc) is 2.98. The number of piperazine rings is 1. The van der Waals surface area contributed by atoms with Crippen LogP contribution >= 0.6 is 0 Å². The summed E-state index contributed by atoms with van der Waals surface area (Å²) in [5, 5.41) is 2.64. The molecule has 14 heteroatoms. The van der Waals surface area contributed by atoms with Gasteiger partial charge in [0.1, 0.15) is 6.04 Å². The van der Waals surface area contributed by atoms with Crippen LogP contribution in [-0.4, -0.2) is 82.8 Å². The number of rotatable bonds is 10. The minimum atomic E-state index is -4.16. The minimum Gasteiger partial charge on any atom is -0.325 e. The van der Waals surface area contributed by atoms with Gasteiger partial charge in [0.15, 0.2) is 0 Å². The summed E-state index contributed by atoms with van der Waals surface area (Å²) in [5.41, 5.74) is 0.230. The number of amides is 1. The maximum Gasteiger partial charge on any atom is 0.244 e. The van der Waals surface area contributed by atoms with Crippen LogP contribution in [0.1, 0.15) is 13.8 Å². The molecule has 1 amide bonds. The van der Waals surface area contributed by atoms with Gasteiger partial charge in [0.05, 0.1) is 14.7 Å². The molecule has 0 bridgehead atoms. The third-order valence-electron chi connectivity index (χ3n) is 6.79. The quantitative estimate of drug-likeness (QED) is 0.367. The lowest BCUT2D eigenvalue weighted by Crippen LogP contribution is -2.60. The first-order valence-corrected chi connectivity index (χ1v) is 17.3. The van der Waals surface area contributed by atoms with Crippen molar-refractivity contribution in [2.75, 3.05) is 38.0 Å². The average molecular weight is 621 g/mol. The molecule has 0 aliphatic carbocycles. The molecule has 1 N–H and O–H groups in total. The van der Waals surface area contributed by atoms with Gasteiger partial charge in [-0.25, -0.2) is 25.3 Å². The van der Waals surface area contributed by atoms with Gasteiger partial charge in [-0.3, -0.25) is 4.79 Å². The summed E-state index contributed by atoms with van der Waals surface area (Å²) >= 11 is 0. The van der Waals surface area contributed by atoms with Crippen LogP contribution in [0.15, 0.2) is 99.6 Å². The number of nitrogens with one attached hydrogen (secondary N) is 1. The summed E-state index contributed by atoms with van der Waals surface area (Å²) in [4.78, 5) is 13.6. The summed E-state index contributed by atoms with van der Waals surface area (Å²) < 4.78 is 82.8. The second-order valence-electron chi connectivity index (χ2n) is 9.22. The molecule has 1 fully saturated rings. The molecule has 0 unspecified atom stereocenters. The molecule has 3 aromatic rings. The van der Waals surface area contributed by atoms with Crippen LogP contribution in [0.2, 0.25) is 0 Å². The molecule has 4 rings (SSSR count). The number of hydrogen-bond acceptors (Lipinski definition) is 7. The van der Waals surface area contributed by atoms with Gasteiger partial charge in [0.25, 0.3) is 0 Å². The predicted octanol–water partition coefficient (Wildman–Crippen LogP) is 2.42. The lowest BCUT2D eigenvalue weighted by Gasteiger charge is -2.38. The highest BCUT2D eigenvalue weighted by Gasteiger charge is 2.43. The molecule has 1 aliphatic heterocycles. The third kappa shape index (κ3) is 6.37. The minimum absolute atomic E-state index is 0.0249. The van der Waals surface area contributed by atoms with Crippen LogP contribution in [-0.2, 0) is 34.9 Å². The molecule has 0 saturated carbocycles. The zero-order valence-corrected chi connectivity index (χ0v) is 25.1. The molecule has 1 heterocycles. The molecular weight excluding hydrogens is 589 g/mol. The first-order valence-electron chi connectivity index (χ1n) is 13.0. The van der Waals surface area contributed by atoms with E-state index in [1.165, 1.54) is 52.8 Å². The Morgan fingerprint density at radius 1 is 0.732 bits per heavy atom. The molecule has 0 radical (unpaired) electrons. The Morgan fingerprint density at radius 2 is 1.24 bits per heavy atom. The zero-order chi connectivity index (χ0) is 29.8. The smallest absolute Gasteiger partial charge is 0.244 e. The SMILES string of the molecule is CCN(CC)S(=O)(=O)c1ccc(NC(=O)[C@H]2CN(S(=O)(=O)c3ccccc3)CCN2S(=O)(=O)c2ccccc2)cc1. The molecule has 0 spiro atoms. The Bertz CT molecular complexity index is 1680. The molecule has 1 aliphatic rings. The number of anilines is 1. The molecule has 11 nitrogen and oxygen atoms in total. The predicted molar refractivity (Wildman–Crippen MR) is 155 cm³/mol. The Hall–Kier alpha value is -3.14. The van der Waals surface area contributed by atoms with E-state index in [9.17, 15) is 30.0 Å². The lowest BCUT2D eigenvalue weighted by atomic mass is 10.2. The van der Waals surface area contributed by atoms with Crippen LogP contribution in [0, 0.1) is 0 Å². The van der Waals surface area contributed by atoms with E-state index in [1.54, 1.807) is 50.2 Å². The van der Waals surface area contributed by atoms with E-state index in [0.717, 1.165) is 8.61 Å². The molecular formula is C27H32N4O7S3. The molecule has 1 atom stereocenters. The van der Waals surface area contributed by atoms with Gasteiger partial charge in [-0.1, -0.05) is 50.2 Å². The van der Waals surface area contributed by atoms with Gasteiger partial charge in [-0.05, 0) is 48.5 Å². The van der Waals surface area contributed by atoms with Gasteiger partial charge in [-0.2, -0.15) is 12.9 Å². The van der Waals surface area contributed by atoms with Crippen molar-refractivity contribution in [2.24, 2.45) is 0 Å². The van der Waals surface area contributed by atoms with Crippen molar-refractivity contribution in [3.8, 4) is 0 Å². The van der Waals surface area contributed by atoms with Crippen molar-refractivity contribution >= 4 is 41.7 Å². The van der Waals surface area contributed by atoms with E-state index < -0.39 is 48.6 Å². The monoisotopic (exact) mass is 620 g/mol. The number of sulfonamides is 3. The maximum absolute atomic E-state index is 13.6. The van der Waals surface area contributed by atoms with Gasteiger partial charge in [0, 0.05) is 38.4 Å². The fourth-order valence-electron chi connectivity index (χ4n) is 4.58. The number of carbonyl (C=O) groups is 1. The van der Waals surface area contributed by atoms with Crippen molar-refractivity contribution < 1.29 is 30.0 Å². The summed E-state index contributed by atoms with van der Waals surface area (Å²) in [5.74, 6) is -0.753. The lowest BCUT2D eigenvalue weighted by molar-refractivity contribution is -0.120. The topological polar surface area (TPSA) is 141 Å². The van der Waals surface area contributed by atoms with Crippen LogP contribution in [0.4, 0.5) is 5.69 Å². The fourth-order valence-corrected chi connectivity index (χ4v) is 9.09. The third-order valence-corrected chi connectivity index (χ3v) is 12.7. The van der Waals surface area contributed by atoms with Crippen LogP contribution in [0.3, 0.4) is 0 Å². The first-order chi connectivity index (χ1) is 19.4. The number of hydrogen-bond donors (Lipinski definition) is 1. The Balaban J connectivity index is 1.64. The summed E-state index contributed by atoms with van der Waals surface area (Å²) in [7, 11) is -11.9. The van der Waals surface area contributed by atoms with Crippen LogP contribution < -0.4 is 5.32 Å². The van der Waals surface area contributed by atoms with E-state index in [4.69, 9.17) is 0 Å². The van der Waals surface area contributed by atoms with Crippen molar-refractivity contribution in [2.45, 2.75) is 34.6 Å². The highest BCUT2D eigenvalue weighted by atomic mass is 32.2. The van der Waals surface area contributed by atoms with E-state index >= 15 is 0 Å². The largest absolute Gasteiger partial charge is 0.325 e. The molecule has 1 saturated heterocycles. The van der Waals surface area contributed by atoms with Crippen molar-refractivity contribution in [3.05, 3.63) is 84.9 Å². The van der Waals surface area contributed by atoms with E-state index in [0.29, 0.717) is 13.1 Å². The van der Waals surface area contributed by atoms with Crippen LogP contribution in [0.5, 0.6) is 0 Å². The van der Waals surface area contributed by atoms with Gasteiger partial charge in [0.2, 0.25) is 36.0 Å². The number of benzene rings is 3. The summed E-state index contributed by atoms with van der Waals surface area (Å²) in [6.45, 7) is 3.25. The summed E-state index contributed by atoms with van der Waals surface area (Å²) in [6, 6.07) is 19.4. The molecule has 3 aromatic carbocycles. The second kappa shape index (κ2) is 12.4. The van der Waals surface area contributed by atoms with Gasteiger partial charge in [-0.15, -0.1) is 0 Å². The second-order valence-corrected chi connectivity index (χ2v) is 15.0. The van der Waals surface area contributed by atoms with Crippen molar-refractivity contribution in [3.63, 3.8) is 0 Å². The molecule has 0 aromatic heterocycles. The molecule has 41 heavy (non-hydrogen) atoms. The van der Waals surface area contributed by atoms with Crippen molar-refractivity contribution in [1.29, 1.82) is 0 Å². The molecule has 220 valence electrons. The van der Waals surface area contributed by atoms with Crippen molar-refractivity contribution in [1.82, 2.24) is 12.9 Å². The highest BCUT2D eigenvalue weighted by Crippen LogP contribution is 2.26. The summed E-state index contributed by atoms with van der Waals surface area (Å²) in [6.07, 6.45) is 0. The fraction of sp³-hybridized carbons (Fsp3) is 0.296. The van der Waals surface area contributed by atoms with E-state index in [2.05, 4.69) is 5.32 Å². The Labute approximate surface area is 241 Å². The number of carbonyl (C=O) groups excluding carboxylic acids is 1. The van der Waals surface area contributed by atoms with Gasteiger partial charge >= 0.3 is 0 Å². The zero-order valence-electron chi connectivity index (χ0n) is 22.6. The van der Waals surface area contributed by atoms with Gasteiger partial charge < -0.3 is 5.32 Å². The van der Waals surface area contributed by atoms with E-state index in [1.807, 2.05) is 0 Å². The first kappa shape index (κ1) is 30.8. The van der Waals surface area contributed by atoms with E-state index in [-0.39, 0.29) is 33.5 Å². The maximum atomic E-state index is 13.6. The Morgan fingerprint density at radius 3 is 1.76 bits per heavy atom. The van der Waals surface area contributed by atoms with Crippen LogP contribution in [0.25, 0.3) is 0 Å². The number of nitrogens with zero attached hydrogens (tertiary/aromatic N) is 3. The standard InChI is InChI=1S/C27H32N4O7S3/c1-3-29(4-2)39(33,34)25-17-15-22(16-18-25)28-27(32)26-21-30(40(35,36)23-11-7-5-8-12-23)19-20-31(26)41(37,38)24-13-9-6-10-14-24/h5-18,26H,3-4,19-21H2,1-2H3,(H,28,32)/t26-/m1/s1. The highest BCUT2D eigenvalue weighted by molar-refractivity contribution is 7.90. The Kier molecular flexibility index (Phi) is 9.31. The normalized spacial score (nSPS) is 17.4.